The summed E-state index contributed by atoms with van der Waals surface area (Å²) in [6.45, 7) is 0. The lowest BCUT2D eigenvalue weighted by Gasteiger charge is -2.30. The molecule has 1 heterocycles. The molecule has 3 aromatic rings. The summed E-state index contributed by atoms with van der Waals surface area (Å²) < 4.78 is 10.8. The van der Waals surface area contributed by atoms with Crippen molar-refractivity contribution in [1.82, 2.24) is 0 Å². The highest BCUT2D eigenvalue weighted by Gasteiger charge is 2.36. The van der Waals surface area contributed by atoms with E-state index in [2.05, 4.69) is 10.6 Å². The Morgan fingerprint density at radius 1 is 0.886 bits per heavy atom. The second-order valence-corrected chi connectivity index (χ2v) is 8.63. The molecular weight excluding hydrogens is 446 g/mol. The van der Waals surface area contributed by atoms with Crippen molar-refractivity contribution in [3.8, 4) is 11.5 Å². The lowest BCUT2D eigenvalue weighted by Crippen LogP contribution is -2.26. The summed E-state index contributed by atoms with van der Waals surface area (Å²) in [6, 6.07) is 19.5. The first-order chi connectivity index (χ1) is 17.0. The number of ketones is 1. The smallest absolute Gasteiger partial charge is 0.269 e. The maximum Gasteiger partial charge on any atom is 0.269 e. The first-order valence-electron chi connectivity index (χ1n) is 11.3. The van der Waals surface area contributed by atoms with Gasteiger partial charge in [0.2, 0.25) is 0 Å². The van der Waals surface area contributed by atoms with Crippen LogP contribution >= 0.6 is 0 Å². The number of Topliss-reactive ketones (excluding diaryl/α,β-unsaturated/α-hetero) is 1. The molecule has 0 amide bonds. The fourth-order valence-electron chi connectivity index (χ4n) is 4.87. The number of anilines is 2. The molecule has 0 unspecified atom stereocenters. The van der Waals surface area contributed by atoms with Gasteiger partial charge in [0.25, 0.3) is 5.69 Å². The summed E-state index contributed by atoms with van der Waals surface area (Å²) in [5, 5.41) is 18.1. The number of allylic oxidation sites excluding steroid dienone is 1. The molecular formula is C27H25N3O5. The summed E-state index contributed by atoms with van der Waals surface area (Å²) in [4.78, 5) is 24.4. The van der Waals surface area contributed by atoms with E-state index in [1.165, 1.54) is 12.1 Å². The predicted octanol–water partition coefficient (Wildman–Crippen LogP) is 5.59. The van der Waals surface area contributed by atoms with E-state index >= 15 is 0 Å². The number of rotatable bonds is 5. The van der Waals surface area contributed by atoms with Gasteiger partial charge in [0.15, 0.2) is 17.3 Å². The van der Waals surface area contributed by atoms with Crippen LogP contribution in [0, 0.1) is 10.1 Å². The summed E-state index contributed by atoms with van der Waals surface area (Å²) >= 11 is 0. The lowest BCUT2D eigenvalue weighted by molar-refractivity contribution is -0.384. The highest BCUT2D eigenvalue weighted by Crippen LogP contribution is 2.45. The van der Waals surface area contributed by atoms with Crippen LogP contribution in [0.5, 0.6) is 11.5 Å². The van der Waals surface area contributed by atoms with Crippen LogP contribution in [-0.4, -0.2) is 24.9 Å². The highest BCUT2D eigenvalue weighted by atomic mass is 16.6. The molecule has 3 aromatic carbocycles. The van der Waals surface area contributed by atoms with Crippen molar-refractivity contribution in [3.63, 3.8) is 0 Å². The second kappa shape index (κ2) is 9.13. The van der Waals surface area contributed by atoms with Gasteiger partial charge in [-0.1, -0.05) is 18.2 Å². The molecule has 8 nitrogen and oxygen atoms in total. The molecule has 0 saturated carbocycles. The number of nitrogens with zero attached hydrogens (tertiary/aromatic N) is 1. The van der Waals surface area contributed by atoms with E-state index in [9.17, 15) is 14.9 Å². The van der Waals surface area contributed by atoms with Crippen LogP contribution in [0.15, 0.2) is 78.0 Å². The van der Waals surface area contributed by atoms with Crippen molar-refractivity contribution in [3.05, 3.63) is 99.2 Å². The normalized spacial score (nSPS) is 19.0. The Kier molecular flexibility index (Phi) is 5.86. The van der Waals surface area contributed by atoms with Gasteiger partial charge >= 0.3 is 0 Å². The molecule has 35 heavy (non-hydrogen) atoms. The SMILES string of the molecule is COc1ccc([C@H]2CC(=O)C3=C(C2)Nc2ccccc2N[C@H]3c2ccc([N+](=O)[O-])cc2)cc1OC. The molecule has 0 spiro atoms. The number of hydrogen-bond donors (Lipinski definition) is 2. The van der Waals surface area contributed by atoms with Gasteiger partial charge in [0.1, 0.15) is 0 Å². The number of carbonyl (C=O) groups excluding carboxylic acids is 1. The first-order valence-corrected chi connectivity index (χ1v) is 11.3. The Bertz CT molecular complexity index is 1330. The fourth-order valence-corrected chi connectivity index (χ4v) is 4.87. The minimum atomic E-state index is -0.430. The van der Waals surface area contributed by atoms with E-state index in [0.717, 1.165) is 28.2 Å². The quantitative estimate of drug-likeness (QED) is 0.369. The average molecular weight is 472 g/mol. The van der Waals surface area contributed by atoms with Crippen molar-refractivity contribution in [2.45, 2.75) is 24.8 Å². The number of hydrogen-bond acceptors (Lipinski definition) is 7. The Labute approximate surface area is 202 Å². The number of nitro groups is 1. The largest absolute Gasteiger partial charge is 0.493 e. The first kappa shape index (κ1) is 22.5. The molecule has 1 aliphatic heterocycles. The van der Waals surface area contributed by atoms with Gasteiger partial charge in [0, 0.05) is 29.8 Å². The van der Waals surface area contributed by atoms with E-state index in [0.29, 0.717) is 29.9 Å². The van der Waals surface area contributed by atoms with Crippen LogP contribution in [0.4, 0.5) is 17.1 Å². The summed E-state index contributed by atoms with van der Waals surface area (Å²) in [5.41, 5.74) is 5.05. The number of methoxy groups -OCH3 is 2. The van der Waals surface area contributed by atoms with Crippen LogP contribution in [0.2, 0.25) is 0 Å². The van der Waals surface area contributed by atoms with Crippen LogP contribution in [0.1, 0.15) is 35.9 Å². The number of benzene rings is 3. The number of para-hydroxylation sites is 2. The van der Waals surface area contributed by atoms with Crippen molar-refractivity contribution in [2.75, 3.05) is 24.9 Å². The number of carbonyl (C=O) groups is 1. The van der Waals surface area contributed by atoms with Crippen molar-refractivity contribution in [2.24, 2.45) is 0 Å². The topological polar surface area (TPSA) is 103 Å². The molecule has 8 heteroatoms. The molecule has 2 atom stereocenters. The van der Waals surface area contributed by atoms with Crippen LogP contribution in [0.3, 0.4) is 0 Å². The molecule has 178 valence electrons. The van der Waals surface area contributed by atoms with Gasteiger partial charge in [-0.3, -0.25) is 14.9 Å². The maximum atomic E-state index is 13.7. The van der Waals surface area contributed by atoms with E-state index in [1.807, 2.05) is 42.5 Å². The minimum absolute atomic E-state index is 0.0126. The van der Waals surface area contributed by atoms with Crippen molar-refractivity contribution in [1.29, 1.82) is 0 Å². The molecule has 0 fully saturated rings. The van der Waals surface area contributed by atoms with Gasteiger partial charge in [-0.05, 0) is 59.9 Å². The van der Waals surface area contributed by atoms with E-state index in [4.69, 9.17) is 9.47 Å². The Morgan fingerprint density at radius 2 is 1.57 bits per heavy atom. The van der Waals surface area contributed by atoms with Gasteiger partial charge in [-0.2, -0.15) is 0 Å². The van der Waals surface area contributed by atoms with Gasteiger partial charge in [-0.15, -0.1) is 0 Å². The molecule has 0 aromatic heterocycles. The minimum Gasteiger partial charge on any atom is -0.493 e. The van der Waals surface area contributed by atoms with Gasteiger partial charge < -0.3 is 20.1 Å². The average Bonchev–Trinajstić information content (AvgIpc) is 3.05. The molecule has 2 N–H and O–H groups in total. The van der Waals surface area contributed by atoms with Crippen LogP contribution < -0.4 is 20.1 Å². The zero-order valence-corrected chi connectivity index (χ0v) is 19.4. The summed E-state index contributed by atoms with van der Waals surface area (Å²) in [6.07, 6.45) is 0.980. The highest BCUT2D eigenvalue weighted by molar-refractivity contribution is 6.01. The molecule has 0 saturated heterocycles. The van der Waals surface area contributed by atoms with Crippen molar-refractivity contribution < 1.29 is 19.2 Å². The van der Waals surface area contributed by atoms with Crippen LogP contribution in [-0.2, 0) is 4.79 Å². The number of nitro benzene ring substituents is 1. The predicted molar refractivity (Wildman–Crippen MR) is 133 cm³/mol. The fraction of sp³-hybridized carbons (Fsp3) is 0.222. The zero-order valence-electron chi connectivity index (χ0n) is 19.4. The zero-order chi connectivity index (χ0) is 24.5. The van der Waals surface area contributed by atoms with Gasteiger partial charge in [-0.25, -0.2) is 0 Å². The lowest BCUT2D eigenvalue weighted by atomic mass is 9.78. The second-order valence-electron chi connectivity index (χ2n) is 8.63. The van der Waals surface area contributed by atoms with E-state index < -0.39 is 11.0 Å². The molecule has 5 rings (SSSR count). The van der Waals surface area contributed by atoms with E-state index in [1.54, 1.807) is 26.4 Å². The molecule has 0 radical (unpaired) electrons. The Balaban J connectivity index is 1.57. The van der Waals surface area contributed by atoms with Crippen LogP contribution in [0.25, 0.3) is 0 Å². The van der Waals surface area contributed by atoms with Crippen molar-refractivity contribution >= 4 is 22.8 Å². The number of fused-ring (bicyclic) bond motifs is 1. The summed E-state index contributed by atoms with van der Waals surface area (Å²) in [5.74, 6) is 1.27. The third-order valence-corrected chi connectivity index (χ3v) is 6.63. The summed E-state index contributed by atoms with van der Waals surface area (Å²) in [7, 11) is 3.19. The standard InChI is InChI=1S/C27H25N3O5/c1-34-24-12-9-17(15-25(24)35-2)18-13-22-26(23(31)14-18)27(16-7-10-19(11-8-16)30(32)33)29-21-6-4-3-5-20(21)28-22/h3-12,15,18,27-29H,13-14H2,1-2H3/t18-,27+/m1/s1. The molecule has 2 aliphatic rings. The molecule has 0 bridgehead atoms. The number of non-ortho nitro benzene ring substituents is 1. The third kappa shape index (κ3) is 4.19. The monoisotopic (exact) mass is 471 g/mol. The molecule has 1 aliphatic carbocycles. The van der Waals surface area contributed by atoms with E-state index in [-0.39, 0.29) is 17.4 Å². The number of ether oxygens (including phenoxy) is 2. The third-order valence-electron chi connectivity index (χ3n) is 6.63. The van der Waals surface area contributed by atoms with Gasteiger partial charge in [0.05, 0.1) is 36.6 Å². The maximum absolute atomic E-state index is 13.7. The Hall–Kier alpha value is -4.33. The number of nitrogens with one attached hydrogen (secondary N) is 2. The Morgan fingerprint density at radius 3 is 2.26 bits per heavy atom.